The van der Waals surface area contributed by atoms with Crippen molar-refractivity contribution in [1.29, 1.82) is 0 Å². The van der Waals surface area contributed by atoms with Gasteiger partial charge in [-0.1, -0.05) is 87.8 Å². The van der Waals surface area contributed by atoms with E-state index in [1.807, 2.05) is 6.07 Å². The third kappa shape index (κ3) is 6.05. The number of rotatable bonds is 2. The van der Waals surface area contributed by atoms with Crippen molar-refractivity contribution >= 4 is 41.4 Å². The van der Waals surface area contributed by atoms with Gasteiger partial charge in [0, 0.05) is 34.3 Å². The summed E-state index contributed by atoms with van der Waals surface area (Å²) in [6.07, 6.45) is 6.82. The zero-order chi connectivity index (χ0) is 29.2. The number of hydrogen-bond donors (Lipinski definition) is 0. The van der Waals surface area contributed by atoms with Gasteiger partial charge in [-0.3, -0.25) is 0 Å². The molecule has 39 heavy (non-hydrogen) atoms. The van der Waals surface area contributed by atoms with Crippen LogP contribution in [0.25, 0.3) is 16.3 Å². The Morgan fingerprint density at radius 2 is 1.44 bits per heavy atom. The average Bonchev–Trinajstić information content (AvgIpc) is 3.10. The summed E-state index contributed by atoms with van der Waals surface area (Å²) >= 11 is 6.31. The first-order valence-electron chi connectivity index (χ1n) is 12.3. The molecule has 0 amide bonds. The van der Waals surface area contributed by atoms with Crippen LogP contribution < -0.4 is 4.90 Å². The van der Waals surface area contributed by atoms with Gasteiger partial charge in [-0.15, -0.1) is 0 Å². The first-order valence-corrected chi connectivity index (χ1v) is 14.7. The van der Waals surface area contributed by atoms with Gasteiger partial charge in [0.25, 0.3) is 0 Å². The van der Waals surface area contributed by atoms with E-state index in [4.69, 9.17) is 11.6 Å². The van der Waals surface area contributed by atoms with Crippen molar-refractivity contribution < 1.29 is 25.2 Å². The van der Waals surface area contributed by atoms with E-state index < -0.39 is 7.81 Å². The zero-order valence-electron chi connectivity index (χ0n) is 22.5. The van der Waals surface area contributed by atoms with E-state index in [0.29, 0.717) is 0 Å². The Hall–Kier alpha value is -2.76. The Morgan fingerprint density at radius 3 is 2.08 bits per heavy atom. The van der Waals surface area contributed by atoms with Crippen LogP contribution in [0.3, 0.4) is 0 Å². The quantitative estimate of drug-likeness (QED) is 0.214. The molecule has 1 aliphatic heterocycles. The van der Waals surface area contributed by atoms with Crippen LogP contribution in [0.5, 0.6) is 0 Å². The van der Waals surface area contributed by atoms with Gasteiger partial charge < -0.3 is 4.90 Å². The third-order valence-electron chi connectivity index (χ3n) is 7.57. The Bertz CT molecular complexity index is 1570. The van der Waals surface area contributed by atoms with E-state index in [1.165, 1.54) is 50.0 Å². The topological polar surface area (TPSA) is 3.24 Å². The van der Waals surface area contributed by atoms with Gasteiger partial charge in [-0.2, -0.15) is 0 Å². The van der Waals surface area contributed by atoms with E-state index in [1.54, 1.807) is 0 Å². The van der Waals surface area contributed by atoms with Crippen LogP contribution in [0, 0.1) is 0 Å². The Morgan fingerprint density at radius 1 is 0.821 bits per heavy atom. The molecule has 210 valence electrons. The molecule has 3 aromatic rings. The summed E-state index contributed by atoms with van der Waals surface area (Å²) in [6, 6.07) is 19.5. The van der Waals surface area contributed by atoms with Gasteiger partial charge in [-0.05, 0) is 69.8 Å². The number of nitrogens with zero attached hydrogens (tertiary/aromatic N) is 1. The molecule has 0 atom stereocenters. The van der Waals surface area contributed by atoms with Gasteiger partial charge in [0.1, 0.15) is 0 Å². The van der Waals surface area contributed by atoms with Gasteiger partial charge in [0.15, 0.2) is 0 Å². The molecule has 0 bridgehead atoms. The predicted molar refractivity (Wildman–Crippen MR) is 153 cm³/mol. The second kappa shape index (κ2) is 8.62. The molecule has 0 saturated carbocycles. The van der Waals surface area contributed by atoms with Crippen LogP contribution in [-0.4, -0.2) is 7.05 Å². The first kappa shape index (κ1) is 29.2. The van der Waals surface area contributed by atoms with Gasteiger partial charge in [0.2, 0.25) is 0 Å². The van der Waals surface area contributed by atoms with Gasteiger partial charge in [-0.25, -0.2) is 0 Å². The van der Waals surface area contributed by atoms with Crippen LogP contribution in [0.2, 0.25) is 5.02 Å². The van der Waals surface area contributed by atoms with E-state index >= 15 is 0 Å². The summed E-state index contributed by atoms with van der Waals surface area (Å²) in [4.78, 5) is 2.29. The van der Waals surface area contributed by atoms with Crippen LogP contribution in [0.15, 0.2) is 84.1 Å². The summed E-state index contributed by atoms with van der Waals surface area (Å²) in [5, 5.41) is 3.45. The summed E-state index contributed by atoms with van der Waals surface area (Å²) in [5.41, 5.74) is 9.27. The van der Waals surface area contributed by atoms with Crippen LogP contribution in [0.4, 0.5) is 30.9 Å². The standard InChI is InChI=1S/C30H30ClN.F6P/c1-19-23(29(2,3)24-16-14-20-10-7-8-11-22(20)28(19)24)12-9-13-27-30(4,5)25-18-21(31)15-17-26(25)32(27)6;1-7(2,3,4,5)6/h7-18H,1-6H3;/q;-1/b12-9+,27-13-;. The van der Waals surface area contributed by atoms with Gasteiger partial charge in [0.05, 0.1) is 0 Å². The molecular weight excluding hydrogens is 555 g/mol. The maximum absolute atomic E-state index is 10.7. The number of likely N-dealkylation sites (N-methyl/N-ethyl adjacent to an activating group) is 1. The summed E-state index contributed by atoms with van der Waals surface area (Å²) in [5.74, 6) is 0. The molecule has 1 aliphatic carbocycles. The Balaban J connectivity index is 0.000000448. The zero-order valence-corrected chi connectivity index (χ0v) is 24.1. The average molecular weight is 585 g/mol. The molecule has 3 aromatic carbocycles. The maximum atomic E-state index is 9.87. The predicted octanol–water partition coefficient (Wildman–Crippen LogP) is 11.8. The number of allylic oxidation sites excluding steroid dienone is 6. The number of halogens is 7. The number of benzene rings is 3. The third-order valence-corrected chi connectivity index (χ3v) is 7.80. The van der Waals surface area contributed by atoms with Crippen molar-refractivity contribution in [2.45, 2.75) is 45.4 Å². The molecule has 0 aromatic heterocycles. The fourth-order valence-corrected chi connectivity index (χ4v) is 5.99. The monoisotopic (exact) mass is 584 g/mol. The van der Waals surface area contributed by atoms with Crippen molar-refractivity contribution in [3.05, 3.63) is 106 Å². The van der Waals surface area contributed by atoms with Crippen LogP contribution in [-0.2, 0) is 10.8 Å². The van der Waals surface area contributed by atoms with E-state index in [0.717, 1.165) is 5.02 Å². The minimum atomic E-state index is -10.7. The van der Waals surface area contributed by atoms with E-state index in [2.05, 4.69) is 113 Å². The van der Waals surface area contributed by atoms with E-state index in [-0.39, 0.29) is 10.8 Å². The molecule has 2 aliphatic rings. The molecule has 1 nitrogen and oxygen atoms in total. The summed E-state index contributed by atoms with van der Waals surface area (Å²) < 4.78 is 59.2. The van der Waals surface area contributed by atoms with E-state index in [9.17, 15) is 25.2 Å². The molecule has 1 heterocycles. The van der Waals surface area contributed by atoms with Crippen molar-refractivity contribution in [2.24, 2.45) is 0 Å². The summed E-state index contributed by atoms with van der Waals surface area (Å²) in [6.45, 7) is 11.5. The molecular formula is C30H30ClF6NP-. The number of anilines is 1. The Labute approximate surface area is 229 Å². The Kier molecular flexibility index (Phi) is 6.46. The molecule has 0 radical (unpaired) electrons. The number of hydrogen-bond acceptors (Lipinski definition) is 1. The number of fused-ring (bicyclic) bond motifs is 4. The van der Waals surface area contributed by atoms with Crippen molar-refractivity contribution in [3.8, 4) is 0 Å². The SMILES string of the molecule is CC1=C(/C=C/C=C2\N(C)c3ccc(Cl)cc3C2(C)C)C(C)(C)c2ccc3ccccc3c21.F[P-](F)(F)(F)(F)F. The van der Waals surface area contributed by atoms with Crippen LogP contribution >= 0.6 is 19.4 Å². The van der Waals surface area contributed by atoms with Crippen molar-refractivity contribution in [3.63, 3.8) is 0 Å². The molecule has 0 spiro atoms. The fourth-order valence-electron chi connectivity index (χ4n) is 5.82. The molecule has 5 rings (SSSR count). The summed E-state index contributed by atoms with van der Waals surface area (Å²) in [7, 11) is -8.51. The fraction of sp³-hybridized carbons (Fsp3) is 0.267. The minimum absolute atomic E-state index is 0.0218. The molecule has 0 fully saturated rings. The molecule has 0 unspecified atom stereocenters. The molecule has 0 saturated heterocycles. The second-order valence-corrected chi connectivity index (χ2v) is 13.4. The van der Waals surface area contributed by atoms with Crippen molar-refractivity contribution in [1.82, 2.24) is 0 Å². The molecule has 0 N–H and O–H groups in total. The normalized spacial score (nSPS) is 20.5. The molecule has 9 heteroatoms. The first-order chi connectivity index (χ1) is 17.6. The van der Waals surface area contributed by atoms with Crippen molar-refractivity contribution in [2.75, 3.05) is 11.9 Å². The second-order valence-electron chi connectivity index (χ2n) is 11.1. The van der Waals surface area contributed by atoms with Gasteiger partial charge >= 0.3 is 33.0 Å². The van der Waals surface area contributed by atoms with Crippen LogP contribution in [0.1, 0.15) is 51.3 Å².